The molecule has 5 heteroatoms. The van der Waals surface area contributed by atoms with Crippen LogP contribution in [0.15, 0.2) is 24.3 Å². The number of benzene rings is 1. The first-order valence-corrected chi connectivity index (χ1v) is 6.69. The van der Waals surface area contributed by atoms with Crippen molar-refractivity contribution in [2.75, 3.05) is 6.61 Å². The Labute approximate surface area is 122 Å². The molecule has 0 fully saturated rings. The fourth-order valence-electron chi connectivity index (χ4n) is 1.67. The zero-order valence-electron chi connectivity index (χ0n) is 10.8. The van der Waals surface area contributed by atoms with Crippen molar-refractivity contribution in [2.24, 2.45) is 0 Å². The molecule has 0 atom stereocenters. The Hall–Kier alpha value is -1.32. The summed E-state index contributed by atoms with van der Waals surface area (Å²) >= 11 is 11.8. The van der Waals surface area contributed by atoms with Gasteiger partial charge < -0.3 is 4.74 Å². The highest BCUT2D eigenvalue weighted by atomic mass is 35.5. The lowest BCUT2D eigenvalue weighted by Gasteiger charge is -2.07. The van der Waals surface area contributed by atoms with E-state index in [0.717, 1.165) is 22.0 Å². The number of rotatable bonds is 4. The molecule has 0 bridgehead atoms. The van der Waals surface area contributed by atoms with E-state index in [1.54, 1.807) is 6.07 Å². The maximum Gasteiger partial charge on any atom is 0.133 e. The molecular weight excluding hydrogens is 283 g/mol. The topological polar surface area (TPSA) is 35.0 Å². The quantitative estimate of drug-likeness (QED) is 0.799. The van der Waals surface area contributed by atoms with Crippen LogP contribution in [-0.2, 0) is 6.42 Å². The Morgan fingerprint density at radius 1 is 1.11 bits per heavy atom. The molecule has 0 aliphatic heterocycles. The maximum atomic E-state index is 5.96. The van der Waals surface area contributed by atoms with Gasteiger partial charge in [0.1, 0.15) is 16.7 Å². The van der Waals surface area contributed by atoms with Gasteiger partial charge in [0, 0.05) is 17.1 Å². The number of aromatic nitrogens is 2. The number of ether oxygens (including phenoxy) is 1. The molecule has 0 aliphatic rings. The molecule has 1 heterocycles. The molecule has 0 radical (unpaired) electrons. The van der Waals surface area contributed by atoms with Gasteiger partial charge in [0.15, 0.2) is 0 Å². The van der Waals surface area contributed by atoms with Gasteiger partial charge in [-0.05, 0) is 43.7 Å². The zero-order valence-corrected chi connectivity index (χ0v) is 12.3. The molecule has 0 spiro atoms. The summed E-state index contributed by atoms with van der Waals surface area (Å²) in [6.45, 7) is 4.33. The first-order valence-electron chi connectivity index (χ1n) is 5.93. The molecule has 3 nitrogen and oxygen atoms in total. The third-order valence-corrected chi connectivity index (χ3v) is 3.21. The molecule has 0 saturated carbocycles. The Bertz CT molecular complexity index is 567. The predicted molar refractivity (Wildman–Crippen MR) is 77.2 cm³/mol. The molecule has 2 aromatic rings. The molecule has 1 aromatic heterocycles. The number of hydrogen-bond donors (Lipinski definition) is 0. The second kappa shape index (κ2) is 6.22. The summed E-state index contributed by atoms with van der Waals surface area (Å²) in [5, 5.41) is 1.20. The zero-order chi connectivity index (χ0) is 13.8. The van der Waals surface area contributed by atoms with Gasteiger partial charge in [0.05, 0.1) is 6.61 Å². The monoisotopic (exact) mass is 296 g/mol. The van der Waals surface area contributed by atoms with Gasteiger partial charge in [-0.1, -0.05) is 23.2 Å². The molecule has 0 unspecified atom stereocenters. The van der Waals surface area contributed by atoms with Crippen molar-refractivity contribution in [3.05, 3.63) is 51.5 Å². The van der Waals surface area contributed by atoms with Crippen LogP contribution >= 0.6 is 23.2 Å². The minimum atomic E-state index is 0.463. The molecule has 19 heavy (non-hydrogen) atoms. The fourth-order valence-corrected chi connectivity index (χ4v) is 2.04. The molecule has 0 N–H and O–H groups in total. The smallest absolute Gasteiger partial charge is 0.133 e. The van der Waals surface area contributed by atoms with Crippen LogP contribution in [-0.4, -0.2) is 16.6 Å². The Balaban J connectivity index is 1.94. The van der Waals surface area contributed by atoms with Crippen molar-refractivity contribution in [1.82, 2.24) is 9.97 Å². The van der Waals surface area contributed by atoms with Crippen LogP contribution in [0.2, 0.25) is 10.2 Å². The van der Waals surface area contributed by atoms with Gasteiger partial charge in [-0.2, -0.15) is 0 Å². The van der Waals surface area contributed by atoms with E-state index in [2.05, 4.69) is 9.97 Å². The van der Waals surface area contributed by atoms with E-state index in [9.17, 15) is 0 Å². The van der Waals surface area contributed by atoms with Gasteiger partial charge in [-0.3, -0.25) is 0 Å². The average molecular weight is 297 g/mol. The van der Waals surface area contributed by atoms with Crippen LogP contribution < -0.4 is 4.74 Å². The highest BCUT2D eigenvalue weighted by Crippen LogP contribution is 2.21. The molecule has 0 saturated heterocycles. The van der Waals surface area contributed by atoms with Crippen LogP contribution in [0.4, 0.5) is 0 Å². The van der Waals surface area contributed by atoms with Crippen LogP contribution in [0, 0.1) is 13.8 Å². The molecule has 100 valence electrons. The molecule has 2 rings (SSSR count). The minimum absolute atomic E-state index is 0.463. The number of nitrogens with zero attached hydrogens (tertiary/aromatic N) is 2. The van der Waals surface area contributed by atoms with Gasteiger partial charge in [0.2, 0.25) is 0 Å². The summed E-state index contributed by atoms with van der Waals surface area (Å²) in [6, 6.07) is 7.31. The first kappa shape index (κ1) is 14.1. The van der Waals surface area contributed by atoms with Crippen molar-refractivity contribution in [3.8, 4) is 5.75 Å². The van der Waals surface area contributed by atoms with E-state index < -0.39 is 0 Å². The summed E-state index contributed by atoms with van der Waals surface area (Å²) in [6.07, 6.45) is 0.614. The van der Waals surface area contributed by atoms with Gasteiger partial charge >= 0.3 is 0 Å². The third-order valence-electron chi connectivity index (χ3n) is 2.59. The predicted octanol–water partition coefficient (Wildman–Crippen LogP) is 4.02. The third kappa shape index (κ3) is 4.08. The van der Waals surface area contributed by atoms with Crippen LogP contribution in [0.3, 0.4) is 0 Å². The number of halogens is 2. The minimum Gasteiger partial charge on any atom is -0.493 e. The SMILES string of the molecule is Cc1cc(Cl)nc(CCOc2ccc(Cl)c(C)c2)n1. The molecule has 0 amide bonds. The molecular formula is C14H14Cl2N2O. The van der Waals surface area contributed by atoms with Crippen LogP contribution in [0.25, 0.3) is 0 Å². The average Bonchev–Trinajstić information content (AvgIpc) is 2.32. The summed E-state index contributed by atoms with van der Waals surface area (Å²) in [5.41, 5.74) is 1.85. The van der Waals surface area contributed by atoms with E-state index in [-0.39, 0.29) is 0 Å². The Kier molecular flexibility index (Phi) is 4.61. The van der Waals surface area contributed by atoms with Crippen LogP contribution in [0.1, 0.15) is 17.1 Å². The van der Waals surface area contributed by atoms with Crippen molar-refractivity contribution >= 4 is 23.2 Å². The van der Waals surface area contributed by atoms with Gasteiger partial charge in [0.25, 0.3) is 0 Å². The van der Waals surface area contributed by atoms with E-state index >= 15 is 0 Å². The van der Waals surface area contributed by atoms with Gasteiger partial charge in [-0.15, -0.1) is 0 Å². The van der Waals surface area contributed by atoms with Crippen LogP contribution in [0.5, 0.6) is 5.75 Å². The fraction of sp³-hybridized carbons (Fsp3) is 0.286. The largest absolute Gasteiger partial charge is 0.493 e. The van der Waals surface area contributed by atoms with Gasteiger partial charge in [-0.25, -0.2) is 9.97 Å². The first-order chi connectivity index (χ1) is 9.04. The van der Waals surface area contributed by atoms with E-state index in [1.807, 2.05) is 32.0 Å². The lowest BCUT2D eigenvalue weighted by molar-refractivity contribution is 0.318. The van der Waals surface area contributed by atoms with E-state index in [4.69, 9.17) is 27.9 Å². The standard InChI is InChI=1S/C14H14Cl2N2O/c1-9-7-11(3-4-12(9)15)19-6-5-14-17-10(2)8-13(16)18-14/h3-4,7-8H,5-6H2,1-2H3. The summed E-state index contributed by atoms with van der Waals surface area (Å²) < 4.78 is 5.64. The van der Waals surface area contributed by atoms with Crippen molar-refractivity contribution in [1.29, 1.82) is 0 Å². The summed E-state index contributed by atoms with van der Waals surface area (Å²) in [5.74, 6) is 1.48. The van der Waals surface area contributed by atoms with Crippen molar-refractivity contribution in [3.63, 3.8) is 0 Å². The summed E-state index contributed by atoms with van der Waals surface area (Å²) in [4.78, 5) is 8.45. The van der Waals surface area contributed by atoms with E-state index in [1.165, 1.54) is 0 Å². The second-order valence-corrected chi connectivity index (χ2v) is 5.05. The normalized spacial score (nSPS) is 10.5. The number of hydrogen-bond acceptors (Lipinski definition) is 3. The number of aryl methyl sites for hydroxylation is 2. The molecule has 0 aliphatic carbocycles. The Morgan fingerprint density at radius 3 is 2.58 bits per heavy atom. The highest BCUT2D eigenvalue weighted by Gasteiger charge is 2.02. The van der Waals surface area contributed by atoms with Crippen molar-refractivity contribution < 1.29 is 4.74 Å². The molecule has 1 aromatic carbocycles. The maximum absolute atomic E-state index is 5.96. The van der Waals surface area contributed by atoms with Crippen molar-refractivity contribution in [2.45, 2.75) is 20.3 Å². The lowest BCUT2D eigenvalue weighted by Crippen LogP contribution is -2.06. The highest BCUT2D eigenvalue weighted by molar-refractivity contribution is 6.31. The second-order valence-electron chi connectivity index (χ2n) is 4.26. The lowest BCUT2D eigenvalue weighted by atomic mass is 10.2. The van der Waals surface area contributed by atoms with E-state index in [0.29, 0.717) is 24.0 Å². The Morgan fingerprint density at radius 2 is 1.89 bits per heavy atom. The summed E-state index contributed by atoms with van der Waals surface area (Å²) in [7, 11) is 0.